The van der Waals surface area contributed by atoms with Crippen LogP contribution in [0.15, 0.2) is 42.6 Å². The second kappa shape index (κ2) is 8.18. The molecule has 0 amide bonds. The van der Waals surface area contributed by atoms with Crippen LogP contribution in [-0.4, -0.2) is 49.4 Å². The lowest BCUT2D eigenvalue weighted by atomic mass is 10.2. The molecule has 0 N–H and O–H groups in total. The Morgan fingerprint density at radius 1 is 1.09 bits per heavy atom. The number of aryl methyl sites for hydroxylation is 1. The first-order valence-electron chi connectivity index (χ1n) is 8.42. The summed E-state index contributed by atoms with van der Waals surface area (Å²) >= 11 is 0. The Kier molecular flexibility index (Phi) is 5.72. The molecule has 0 bridgehead atoms. The lowest BCUT2D eigenvalue weighted by molar-refractivity contribution is 0.0374. The van der Waals surface area contributed by atoms with Gasteiger partial charge in [0.2, 0.25) is 0 Å². The van der Waals surface area contributed by atoms with E-state index in [-0.39, 0.29) is 0 Å². The fourth-order valence-corrected chi connectivity index (χ4v) is 3.07. The Balaban J connectivity index is 1.51. The molecule has 1 aromatic carbocycles. The molecule has 1 aliphatic heterocycles. The van der Waals surface area contributed by atoms with E-state index in [2.05, 4.69) is 39.9 Å². The maximum absolute atomic E-state index is 5.40. The molecule has 4 nitrogen and oxygen atoms in total. The number of methoxy groups -OCH3 is 1. The lowest BCUT2D eigenvalue weighted by Gasteiger charge is -2.26. The van der Waals surface area contributed by atoms with Crippen LogP contribution in [0.25, 0.3) is 0 Å². The van der Waals surface area contributed by atoms with Gasteiger partial charge in [-0.25, -0.2) is 0 Å². The molecular formula is C19H26N2O2. The van der Waals surface area contributed by atoms with Crippen molar-refractivity contribution >= 4 is 0 Å². The van der Waals surface area contributed by atoms with Crippen molar-refractivity contribution < 1.29 is 9.47 Å². The quantitative estimate of drug-likeness (QED) is 0.786. The van der Waals surface area contributed by atoms with Crippen molar-refractivity contribution in [2.45, 2.75) is 19.4 Å². The largest absolute Gasteiger partial charge is 0.497 e. The van der Waals surface area contributed by atoms with Gasteiger partial charge >= 0.3 is 0 Å². The van der Waals surface area contributed by atoms with Crippen molar-refractivity contribution in [2.75, 3.05) is 40.0 Å². The number of nitrogens with zero attached hydrogens (tertiary/aromatic N) is 2. The molecule has 0 spiro atoms. The molecular weight excluding hydrogens is 288 g/mol. The Morgan fingerprint density at radius 2 is 1.87 bits per heavy atom. The van der Waals surface area contributed by atoms with Crippen LogP contribution in [0.2, 0.25) is 0 Å². The van der Waals surface area contributed by atoms with Crippen molar-refractivity contribution in [1.82, 2.24) is 9.47 Å². The SMILES string of the molecule is COc1ccc(Cn2cccc2CCCN2CCOCC2)cc1. The van der Waals surface area contributed by atoms with E-state index in [4.69, 9.17) is 9.47 Å². The third kappa shape index (κ3) is 4.60. The molecule has 0 radical (unpaired) electrons. The van der Waals surface area contributed by atoms with Crippen LogP contribution in [0.1, 0.15) is 17.7 Å². The molecule has 2 heterocycles. The van der Waals surface area contributed by atoms with Gasteiger partial charge in [-0.1, -0.05) is 12.1 Å². The minimum absolute atomic E-state index is 0.883. The van der Waals surface area contributed by atoms with E-state index in [1.54, 1.807) is 7.11 Å². The summed E-state index contributed by atoms with van der Waals surface area (Å²) in [6, 6.07) is 12.7. The highest BCUT2D eigenvalue weighted by Crippen LogP contribution is 2.14. The van der Waals surface area contributed by atoms with E-state index in [1.807, 2.05) is 12.1 Å². The second-order valence-electron chi connectivity index (χ2n) is 6.03. The van der Waals surface area contributed by atoms with Gasteiger partial charge in [-0.05, 0) is 49.2 Å². The van der Waals surface area contributed by atoms with Crippen LogP contribution in [-0.2, 0) is 17.7 Å². The summed E-state index contributed by atoms with van der Waals surface area (Å²) in [5.41, 5.74) is 2.71. The molecule has 0 aliphatic carbocycles. The summed E-state index contributed by atoms with van der Waals surface area (Å²) in [6.07, 6.45) is 4.50. The predicted octanol–water partition coefficient (Wildman–Crippen LogP) is 2.81. The predicted molar refractivity (Wildman–Crippen MR) is 92.1 cm³/mol. The molecule has 124 valence electrons. The lowest BCUT2D eigenvalue weighted by Crippen LogP contribution is -2.37. The minimum Gasteiger partial charge on any atom is -0.497 e. The van der Waals surface area contributed by atoms with Crippen LogP contribution in [0.3, 0.4) is 0 Å². The first-order valence-corrected chi connectivity index (χ1v) is 8.42. The van der Waals surface area contributed by atoms with E-state index in [0.29, 0.717) is 0 Å². The molecule has 0 unspecified atom stereocenters. The van der Waals surface area contributed by atoms with Gasteiger partial charge in [0.1, 0.15) is 5.75 Å². The van der Waals surface area contributed by atoms with E-state index in [1.165, 1.54) is 17.7 Å². The highest BCUT2D eigenvalue weighted by molar-refractivity contribution is 5.27. The molecule has 3 rings (SSSR count). The maximum Gasteiger partial charge on any atom is 0.118 e. The molecule has 0 saturated carbocycles. The van der Waals surface area contributed by atoms with Gasteiger partial charge in [0.05, 0.1) is 20.3 Å². The fourth-order valence-electron chi connectivity index (χ4n) is 3.07. The average Bonchev–Trinajstić information content (AvgIpc) is 3.04. The van der Waals surface area contributed by atoms with Crippen LogP contribution < -0.4 is 4.74 Å². The van der Waals surface area contributed by atoms with Crippen LogP contribution >= 0.6 is 0 Å². The van der Waals surface area contributed by atoms with Crippen LogP contribution in [0, 0.1) is 0 Å². The first kappa shape index (κ1) is 16.1. The van der Waals surface area contributed by atoms with Gasteiger partial charge in [-0.3, -0.25) is 4.90 Å². The van der Waals surface area contributed by atoms with Gasteiger partial charge in [-0.15, -0.1) is 0 Å². The van der Waals surface area contributed by atoms with E-state index in [0.717, 1.165) is 51.6 Å². The first-order chi connectivity index (χ1) is 11.3. The molecule has 2 aromatic rings. The zero-order valence-corrected chi connectivity index (χ0v) is 13.9. The Bertz CT molecular complexity index is 586. The van der Waals surface area contributed by atoms with Gasteiger partial charge in [0, 0.05) is 31.5 Å². The molecule has 1 fully saturated rings. The number of rotatable bonds is 7. The summed E-state index contributed by atoms with van der Waals surface area (Å²) in [6.45, 7) is 6.00. The molecule has 23 heavy (non-hydrogen) atoms. The van der Waals surface area contributed by atoms with Gasteiger partial charge < -0.3 is 14.0 Å². The number of ether oxygens (including phenoxy) is 2. The van der Waals surface area contributed by atoms with Gasteiger partial charge in [0.15, 0.2) is 0 Å². The Hall–Kier alpha value is -1.78. The van der Waals surface area contributed by atoms with Crippen LogP contribution in [0.5, 0.6) is 5.75 Å². The second-order valence-corrected chi connectivity index (χ2v) is 6.03. The fraction of sp³-hybridized carbons (Fsp3) is 0.474. The highest BCUT2D eigenvalue weighted by atomic mass is 16.5. The van der Waals surface area contributed by atoms with Crippen molar-refractivity contribution in [3.63, 3.8) is 0 Å². The molecule has 1 aliphatic rings. The summed E-state index contributed by atoms with van der Waals surface area (Å²) in [4.78, 5) is 2.50. The van der Waals surface area contributed by atoms with Gasteiger partial charge in [-0.2, -0.15) is 0 Å². The minimum atomic E-state index is 0.883. The smallest absolute Gasteiger partial charge is 0.118 e. The van der Waals surface area contributed by atoms with Crippen molar-refractivity contribution in [2.24, 2.45) is 0 Å². The molecule has 1 aromatic heterocycles. The van der Waals surface area contributed by atoms with E-state index >= 15 is 0 Å². The zero-order valence-electron chi connectivity index (χ0n) is 13.9. The summed E-state index contributed by atoms with van der Waals surface area (Å²) in [5.74, 6) is 0.909. The summed E-state index contributed by atoms with van der Waals surface area (Å²) in [7, 11) is 1.70. The van der Waals surface area contributed by atoms with E-state index in [9.17, 15) is 0 Å². The van der Waals surface area contributed by atoms with Crippen LogP contribution in [0.4, 0.5) is 0 Å². The van der Waals surface area contributed by atoms with Crippen molar-refractivity contribution in [3.05, 3.63) is 53.9 Å². The molecule has 4 heteroatoms. The Morgan fingerprint density at radius 3 is 2.61 bits per heavy atom. The third-order valence-corrected chi connectivity index (χ3v) is 4.45. The molecule has 1 saturated heterocycles. The number of hydrogen-bond acceptors (Lipinski definition) is 3. The third-order valence-electron chi connectivity index (χ3n) is 4.45. The maximum atomic E-state index is 5.40. The number of aromatic nitrogens is 1. The highest BCUT2D eigenvalue weighted by Gasteiger charge is 2.10. The zero-order chi connectivity index (χ0) is 15.9. The monoisotopic (exact) mass is 314 g/mol. The average molecular weight is 314 g/mol. The van der Waals surface area contributed by atoms with Crippen molar-refractivity contribution in [3.8, 4) is 5.75 Å². The summed E-state index contributed by atoms with van der Waals surface area (Å²) in [5, 5.41) is 0. The van der Waals surface area contributed by atoms with E-state index < -0.39 is 0 Å². The molecule has 0 atom stereocenters. The number of hydrogen-bond donors (Lipinski definition) is 0. The Labute approximate surface area is 138 Å². The van der Waals surface area contributed by atoms with Gasteiger partial charge in [0.25, 0.3) is 0 Å². The standard InChI is InChI=1S/C19H26N2O2/c1-22-19-8-6-17(7-9-19)16-21-11-3-5-18(21)4-2-10-20-12-14-23-15-13-20/h3,5-9,11H,2,4,10,12-16H2,1H3. The van der Waals surface area contributed by atoms with Crippen molar-refractivity contribution in [1.29, 1.82) is 0 Å². The normalized spacial score (nSPS) is 15.7. The topological polar surface area (TPSA) is 26.6 Å². The number of benzene rings is 1. The summed E-state index contributed by atoms with van der Waals surface area (Å²) < 4.78 is 13.0. The number of morpholine rings is 1.